The van der Waals surface area contributed by atoms with E-state index >= 15 is 0 Å². The number of carbonyl (C=O) groups is 3. The van der Waals surface area contributed by atoms with Crippen LogP contribution in [0.3, 0.4) is 0 Å². The first kappa shape index (κ1) is 14.4. The Labute approximate surface area is 109 Å². The molecule has 0 saturated heterocycles. The molecule has 3 amide bonds. The zero-order chi connectivity index (χ0) is 14.4. The minimum absolute atomic E-state index is 0.287. The standard InChI is InChI=1S/C11H14N4O4/c1-14(6-8-5-12-15(2)7-8)11(19)13-9(16)3-4-10(17)18/h3-5,7H,6H2,1-2H3,(H,17,18)(H,13,16,19). The van der Waals surface area contributed by atoms with Gasteiger partial charge in [0, 0.05) is 38.0 Å². The Bertz CT molecular complexity index is 521. The van der Waals surface area contributed by atoms with Crippen molar-refractivity contribution in [3.8, 4) is 0 Å². The molecule has 8 nitrogen and oxygen atoms in total. The van der Waals surface area contributed by atoms with Gasteiger partial charge in [-0.1, -0.05) is 0 Å². The van der Waals surface area contributed by atoms with E-state index in [0.717, 1.165) is 11.6 Å². The number of imide groups is 1. The van der Waals surface area contributed by atoms with Gasteiger partial charge in [-0.3, -0.25) is 14.8 Å². The molecule has 0 aliphatic rings. The minimum atomic E-state index is -1.26. The van der Waals surface area contributed by atoms with Crippen LogP contribution in [0.2, 0.25) is 0 Å². The number of nitrogens with zero attached hydrogens (tertiary/aromatic N) is 3. The number of urea groups is 1. The fourth-order valence-corrected chi connectivity index (χ4v) is 1.29. The topological polar surface area (TPSA) is 105 Å². The summed E-state index contributed by atoms with van der Waals surface area (Å²) in [5.41, 5.74) is 0.814. The van der Waals surface area contributed by atoms with Crippen LogP contribution >= 0.6 is 0 Å². The maximum atomic E-state index is 11.6. The second-order valence-corrected chi connectivity index (χ2v) is 3.84. The fraction of sp³-hybridized carbons (Fsp3) is 0.273. The van der Waals surface area contributed by atoms with Crippen molar-refractivity contribution in [2.75, 3.05) is 7.05 Å². The zero-order valence-corrected chi connectivity index (χ0v) is 10.5. The molecule has 0 radical (unpaired) electrons. The first-order chi connectivity index (χ1) is 8.88. The van der Waals surface area contributed by atoms with Gasteiger partial charge in [0.05, 0.1) is 12.7 Å². The van der Waals surface area contributed by atoms with Crippen LogP contribution in [-0.4, -0.2) is 44.7 Å². The predicted octanol–water partition coefficient (Wildman–Crippen LogP) is -0.271. The second kappa shape index (κ2) is 6.34. The number of aliphatic carboxylic acids is 1. The second-order valence-electron chi connectivity index (χ2n) is 3.84. The average Bonchev–Trinajstić information content (AvgIpc) is 2.72. The van der Waals surface area contributed by atoms with Crippen molar-refractivity contribution in [2.24, 2.45) is 7.05 Å². The van der Waals surface area contributed by atoms with E-state index in [4.69, 9.17) is 5.11 Å². The van der Waals surface area contributed by atoms with Gasteiger partial charge >= 0.3 is 12.0 Å². The minimum Gasteiger partial charge on any atom is -0.478 e. The number of hydrogen-bond donors (Lipinski definition) is 2. The number of nitrogens with one attached hydrogen (secondary N) is 1. The molecule has 1 heterocycles. The van der Waals surface area contributed by atoms with E-state index in [1.54, 1.807) is 24.1 Å². The molecular formula is C11H14N4O4. The van der Waals surface area contributed by atoms with Crippen molar-refractivity contribution in [3.63, 3.8) is 0 Å². The molecule has 1 rings (SSSR count). The van der Waals surface area contributed by atoms with E-state index < -0.39 is 17.9 Å². The zero-order valence-electron chi connectivity index (χ0n) is 10.5. The third-order valence-electron chi connectivity index (χ3n) is 2.13. The molecule has 0 aliphatic heterocycles. The summed E-state index contributed by atoms with van der Waals surface area (Å²) in [7, 11) is 3.26. The van der Waals surface area contributed by atoms with Crippen molar-refractivity contribution >= 4 is 17.9 Å². The van der Waals surface area contributed by atoms with Gasteiger partial charge in [0.15, 0.2) is 0 Å². The van der Waals surface area contributed by atoms with E-state index in [1.165, 1.54) is 11.9 Å². The Morgan fingerprint density at radius 3 is 2.68 bits per heavy atom. The number of carbonyl (C=O) groups excluding carboxylic acids is 2. The predicted molar refractivity (Wildman–Crippen MR) is 65.0 cm³/mol. The largest absolute Gasteiger partial charge is 0.478 e. The molecule has 1 aromatic rings. The van der Waals surface area contributed by atoms with E-state index in [1.807, 2.05) is 5.32 Å². The van der Waals surface area contributed by atoms with Gasteiger partial charge in [0.2, 0.25) is 0 Å². The maximum absolute atomic E-state index is 11.6. The normalized spacial score (nSPS) is 10.4. The highest BCUT2D eigenvalue weighted by molar-refractivity contribution is 6.02. The third kappa shape index (κ3) is 5.02. The highest BCUT2D eigenvalue weighted by atomic mass is 16.4. The van der Waals surface area contributed by atoms with Gasteiger partial charge in [-0.05, 0) is 0 Å². The van der Waals surface area contributed by atoms with Crippen LogP contribution in [-0.2, 0) is 23.2 Å². The number of carboxylic acid groups (broad SMARTS) is 1. The van der Waals surface area contributed by atoms with Crippen LogP contribution in [0.4, 0.5) is 4.79 Å². The molecular weight excluding hydrogens is 252 g/mol. The lowest BCUT2D eigenvalue weighted by atomic mass is 10.3. The third-order valence-corrected chi connectivity index (χ3v) is 2.13. The molecule has 1 aromatic heterocycles. The molecule has 0 bridgehead atoms. The Kier molecular flexibility index (Phi) is 4.81. The number of rotatable bonds is 4. The van der Waals surface area contributed by atoms with Gasteiger partial charge in [-0.25, -0.2) is 9.59 Å². The Morgan fingerprint density at radius 2 is 2.16 bits per heavy atom. The van der Waals surface area contributed by atoms with E-state index in [2.05, 4.69) is 5.10 Å². The first-order valence-electron chi connectivity index (χ1n) is 5.33. The van der Waals surface area contributed by atoms with Crippen LogP contribution < -0.4 is 5.32 Å². The smallest absolute Gasteiger partial charge is 0.328 e. The maximum Gasteiger partial charge on any atom is 0.328 e. The summed E-state index contributed by atoms with van der Waals surface area (Å²) in [4.78, 5) is 34.3. The summed E-state index contributed by atoms with van der Waals surface area (Å²) in [5.74, 6) is -2.04. The summed E-state index contributed by atoms with van der Waals surface area (Å²) < 4.78 is 1.60. The van der Waals surface area contributed by atoms with E-state index in [-0.39, 0.29) is 6.54 Å². The van der Waals surface area contributed by atoms with Crippen LogP contribution in [0.1, 0.15) is 5.56 Å². The molecule has 0 saturated carbocycles. The van der Waals surface area contributed by atoms with Crippen molar-refractivity contribution in [3.05, 3.63) is 30.1 Å². The van der Waals surface area contributed by atoms with Crippen molar-refractivity contribution in [2.45, 2.75) is 6.54 Å². The Balaban J connectivity index is 2.49. The molecule has 102 valence electrons. The number of carboxylic acids is 1. The van der Waals surface area contributed by atoms with E-state index in [9.17, 15) is 14.4 Å². The molecule has 8 heteroatoms. The van der Waals surface area contributed by atoms with Crippen LogP contribution in [0.25, 0.3) is 0 Å². The lowest BCUT2D eigenvalue weighted by molar-refractivity contribution is -0.131. The molecule has 0 aliphatic carbocycles. The average molecular weight is 266 g/mol. The number of amides is 3. The lowest BCUT2D eigenvalue weighted by Gasteiger charge is -2.15. The Hall–Kier alpha value is -2.64. The summed E-state index contributed by atoms with van der Waals surface area (Å²) in [5, 5.41) is 14.3. The van der Waals surface area contributed by atoms with Crippen molar-refractivity contribution < 1.29 is 19.5 Å². The lowest BCUT2D eigenvalue weighted by Crippen LogP contribution is -2.39. The van der Waals surface area contributed by atoms with Crippen molar-refractivity contribution in [1.82, 2.24) is 20.0 Å². The Morgan fingerprint density at radius 1 is 1.47 bits per heavy atom. The van der Waals surface area contributed by atoms with Gasteiger partial charge < -0.3 is 10.0 Å². The summed E-state index contributed by atoms with van der Waals surface area (Å²) in [6.07, 6.45) is 4.79. The fourth-order valence-electron chi connectivity index (χ4n) is 1.29. The molecule has 0 fully saturated rings. The molecule has 0 spiro atoms. The molecule has 0 atom stereocenters. The number of aromatic nitrogens is 2. The van der Waals surface area contributed by atoms with Crippen LogP contribution in [0, 0.1) is 0 Å². The number of hydrogen-bond acceptors (Lipinski definition) is 4. The molecule has 0 unspecified atom stereocenters. The van der Waals surface area contributed by atoms with Gasteiger partial charge in [0.25, 0.3) is 5.91 Å². The highest BCUT2D eigenvalue weighted by Gasteiger charge is 2.12. The first-order valence-corrected chi connectivity index (χ1v) is 5.33. The van der Waals surface area contributed by atoms with Crippen LogP contribution in [0.15, 0.2) is 24.5 Å². The summed E-state index contributed by atoms with van der Waals surface area (Å²) in [6.45, 7) is 0.287. The van der Waals surface area contributed by atoms with Crippen molar-refractivity contribution in [1.29, 1.82) is 0 Å². The molecule has 0 aromatic carbocycles. The summed E-state index contributed by atoms with van der Waals surface area (Å²) >= 11 is 0. The molecule has 19 heavy (non-hydrogen) atoms. The quantitative estimate of drug-likeness (QED) is 0.730. The monoisotopic (exact) mass is 266 g/mol. The highest BCUT2D eigenvalue weighted by Crippen LogP contribution is 2.01. The number of aryl methyl sites for hydroxylation is 1. The van der Waals surface area contributed by atoms with Crippen LogP contribution in [0.5, 0.6) is 0 Å². The van der Waals surface area contributed by atoms with Gasteiger partial charge in [-0.2, -0.15) is 5.10 Å². The SMILES string of the molecule is CN(Cc1cnn(C)c1)C(=O)NC(=O)C=CC(=O)O. The van der Waals surface area contributed by atoms with E-state index in [0.29, 0.717) is 6.08 Å². The van der Waals surface area contributed by atoms with Gasteiger partial charge in [-0.15, -0.1) is 0 Å². The van der Waals surface area contributed by atoms with Gasteiger partial charge in [0.1, 0.15) is 0 Å². The summed E-state index contributed by atoms with van der Waals surface area (Å²) in [6, 6.07) is -0.621. The molecule has 2 N–H and O–H groups in total.